The summed E-state index contributed by atoms with van der Waals surface area (Å²) in [6.07, 6.45) is -0.794. The molecule has 5 heteroatoms. The van der Waals surface area contributed by atoms with E-state index in [0.717, 1.165) is 14.2 Å². The van der Waals surface area contributed by atoms with Gasteiger partial charge < -0.3 is 5.11 Å². The van der Waals surface area contributed by atoms with E-state index in [1.54, 1.807) is 6.07 Å². The molecule has 1 atom stereocenters. The van der Waals surface area contributed by atoms with Crippen molar-refractivity contribution in [3.8, 4) is 0 Å². The van der Waals surface area contributed by atoms with Gasteiger partial charge in [-0.2, -0.15) is 0 Å². The van der Waals surface area contributed by atoms with Crippen LogP contribution in [0.25, 0.3) is 0 Å². The zero-order valence-corrected chi connectivity index (χ0v) is 12.9. The molecule has 0 aliphatic carbocycles. The highest BCUT2D eigenvalue weighted by molar-refractivity contribution is 9.11. The van der Waals surface area contributed by atoms with Gasteiger partial charge in [-0.05, 0) is 58.2 Å². The zero-order valence-electron chi connectivity index (χ0n) is 8.88. The number of aliphatic hydroxyl groups is 1. The number of rotatable bonds is 2. The molecule has 2 aromatic rings. The number of aliphatic hydroxyl groups excluding tert-OH is 1. The van der Waals surface area contributed by atoms with Gasteiger partial charge in [-0.25, -0.2) is 4.39 Å². The second-order valence-corrected chi connectivity index (χ2v) is 7.03. The largest absolute Gasteiger partial charge is 0.383 e. The molecule has 0 radical (unpaired) electrons. The molecular formula is C12H9Br2FOS. The van der Waals surface area contributed by atoms with Gasteiger partial charge in [0.05, 0.1) is 3.79 Å². The molecule has 1 N–H and O–H groups in total. The third-order valence-corrected chi connectivity index (χ3v) is 4.99. The van der Waals surface area contributed by atoms with Crippen LogP contribution in [0.5, 0.6) is 0 Å². The molecule has 0 saturated carbocycles. The standard InChI is InChI=1S/C12H9Br2FOS/c1-6-2-10(17-12(6)14)11(16)7-3-8(13)5-9(15)4-7/h2-5,11,16H,1H3. The monoisotopic (exact) mass is 378 g/mol. The topological polar surface area (TPSA) is 20.2 Å². The number of thiophene rings is 1. The van der Waals surface area contributed by atoms with Crippen LogP contribution in [0.3, 0.4) is 0 Å². The SMILES string of the molecule is Cc1cc(C(O)c2cc(F)cc(Br)c2)sc1Br. The molecule has 0 aliphatic heterocycles. The summed E-state index contributed by atoms with van der Waals surface area (Å²) in [6.45, 7) is 1.96. The van der Waals surface area contributed by atoms with Gasteiger partial charge in [0.2, 0.25) is 0 Å². The first kappa shape index (κ1) is 13.2. The van der Waals surface area contributed by atoms with Gasteiger partial charge >= 0.3 is 0 Å². The Balaban J connectivity index is 2.39. The number of aryl methyl sites for hydroxylation is 1. The average Bonchev–Trinajstić information content (AvgIpc) is 2.57. The summed E-state index contributed by atoms with van der Waals surface area (Å²) in [5.41, 5.74) is 1.62. The van der Waals surface area contributed by atoms with E-state index in [1.807, 2.05) is 13.0 Å². The van der Waals surface area contributed by atoms with Crippen molar-refractivity contribution in [1.29, 1.82) is 0 Å². The molecule has 0 saturated heterocycles. The Morgan fingerprint density at radius 2 is 1.94 bits per heavy atom. The van der Waals surface area contributed by atoms with Gasteiger partial charge in [-0.15, -0.1) is 11.3 Å². The fourth-order valence-corrected chi connectivity index (χ4v) is 3.58. The van der Waals surface area contributed by atoms with Gasteiger partial charge in [0.25, 0.3) is 0 Å². The van der Waals surface area contributed by atoms with E-state index in [4.69, 9.17) is 0 Å². The summed E-state index contributed by atoms with van der Waals surface area (Å²) in [6, 6.07) is 6.33. The van der Waals surface area contributed by atoms with Crippen LogP contribution in [0.4, 0.5) is 4.39 Å². The maximum atomic E-state index is 13.2. The highest BCUT2D eigenvalue weighted by Gasteiger charge is 2.15. The summed E-state index contributed by atoms with van der Waals surface area (Å²) < 4.78 is 14.9. The minimum atomic E-state index is -0.794. The van der Waals surface area contributed by atoms with Gasteiger partial charge in [-0.3, -0.25) is 0 Å². The lowest BCUT2D eigenvalue weighted by Crippen LogP contribution is -1.97. The van der Waals surface area contributed by atoms with Crippen LogP contribution in [0, 0.1) is 12.7 Å². The Morgan fingerprint density at radius 1 is 1.24 bits per heavy atom. The predicted molar refractivity (Wildman–Crippen MR) is 74.9 cm³/mol. The Kier molecular flexibility index (Phi) is 4.02. The minimum absolute atomic E-state index is 0.360. The van der Waals surface area contributed by atoms with Crippen LogP contribution < -0.4 is 0 Å². The van der Waals surface area contributed by atoms with Crippen molar-refractivity contribution in [2.45, 2.75) is 13.0 Å². The van der Waals surface area contributed by atoms with Gasteiger partial charge in [0, 0.05) is 9.35 Å². The van der Waals surface area contributed by atoms with E-state index >= 15 is 0 Å². The Morgan fingerprint density at radius 3 is 2.47 bits per heavy atom. The molecule has 0 aliphatic rings. The van der Waals surface area contributed by atoms with Gasteiger partial charge in [0.1, 0.15) is 11.9 Å². The number of benzene rings is 1. The molecule has 2 rings (SSSR count). The van der Waals surface area contributed by atoms with Crippen molar-refractivity contribution < 1.29 is 9.50 Å². The molecule has 0 spiro atoms. The van der Waals surface area contributed by atoms with Crippen molar-refractivity contribution in [1.82, 2.24) is 0 Å². The second-order valence-electron chi connectivity index (χ2n) is 3.71. The fourth-order valence-electron chi connectivity index (χ4n) is 1.52. The van der Waals surface area contributed by atoms with Crippen molar-refractivity contribution in [3.05, 3.63) is 54.3 Å². The molecule has 17 heavy (non-hydrogen) atoms. The predicted octanol–water partition coefficient (Wildman–Crippen LogP) is 4.80. The lowest BCUT2D eigenvalue weighted by Gasteiger charge is -2.09. The van der Waals surface area contributed by atoms with E-state index < -0.39 is 6.10 Å². The number of hydrogen-bond acceptors (Lipinski definition) is 2. The summed E-state index contributed by atoms with van der Waals surface area (Å²) in [7, 11) is 0. The second kappa shape index (κ2) is 5.18. The van der Waals surface area contributed by atoms with E-state index in [2.05, 4.69) is 31.9 Å². The molecule has 1 nitrogen and oxygen atoms in total. The maximum Gasteiger partial charge on any atom is 0.124 e. The third kappa shape index (κ3) is 2.96. The van der Waals surface area contributed by atoms with Crippen molar-refractivity contribution >= 4 is 43.2 Å². The smallest absolute Gasteiger partial charge is 0.124 e. The van der Waals surface area contributed by atoms with Gasteiger partial charge in [-0.1, -0.05) is 15.9 Å². The molecule has 1 unspecified atom stereocenters. The third-order valence-electron chi connectivity index (χ3n) is 2.35. The fraction of sp³-hybridized carbons (Fsp3) is 0.167. The van der Waals surface area contributed by atoms with Crippen LogP contribution in [-0.4, -0.2) is 5.11 Å². The first-order valence-corrected chi connectivity index (χ1v) is 7.27. The molecule has 1 aromatic carbocycles. The molecule has 90 valence electrons. The normalized spacial score (nSPS) is 12.8. The highest BCUT2D eigenvalue weighted by Crippen LogP contribution is 2.35. The Hall–Kier alpha value is -0.230. The molecular weight excluding hydrogens is 371 g/mol. The quantitative estimate of drug-likeness (QED) is 0.794. The van der Waals surface area contributed by atoms with Crippen molar-refractivity contribution in [2.75, 3.05) is 0 Å². The number of hydrogen-bond donors (Lipinski definition) is 1. The molecule has 0 bridgehead atoms. The van der Waals surface area contributed by atoms with E-state index in [-0.39, 0.29) is 5.82 Å². The van der Waals surface area contributed by atoms with E-state index in [0.29, 0.717) is 10.0 Å². The maximum absolute atomic E-state index is 13.2. The van der Waals surface area contributed by atoms with E-state index in [1.165, 1.54) is 23.5 Å². The number of halogens is 3. The summed E-state index contributed by atoms with van der Waals surface area (Å²) in [5.74, 6) is -0.360. The van der Waals surface area contributed by atoms with Crippen molar-refractivity contribution in [2.24, 2.45) is 0 Å². The lowest BCUT2D eigenvalue weighted by atomic mass is 10.1. The van der Waals surface area contributed by atoms with Crippen LogP contribution in [0.15, 0.2) is 32.5 Å². The Bertz CT molecular complexity index is 514. The molecule has 1 heterocycles. The van der Waals surface area contributed by atoms with Gasteiger partial charge in [0.15, 0.2) is 0 Å². The van der Waals surface area contributed by atoms with Crippen LogP contribution >= 0.6 is 43.2 Å². The first-order chi connectivity index (χ1) is 7.97. The summed E-state index contributed by atoms with van der Waals surface area (Å²) in [4.78, 5) is 0.798. The molecule has 0 fully saturated rings. The molecule has 0 amide bonds. The Labute approximate surface area is 120 Å². The zero-order chi connectivity index (χ0) is 12.6. The summed E-state index contributed by atoms with van der Waals surface area (Å²) >= 11 is 8.08. The van der Waals surface area contributed by atoms with Crippen LogP contribution in [0.1, 0.15) is 22.1 Å². The van der Waals surface area contributed by atoms with Crippen LogP contribution in [0.2, 0.25) is 0 Å². The lowest BCUT2D eigenvalue weighted by molar-refractivity contribution is 0.223. The summed E-state index contributed by atoms with van der Waals surface area (Å²) in [5, 5.41) is 10.2. The van der Waals surface area contributed by atoms with Crippen molar-refractivity contribution in [3.63, 3.8) is 0 Å². The minimum Gasteiger partial charge on any atom is -0.383 e. The molecule has 1 aromatic heterocycles. The van der Waals surface area contributed by atoms with Crippen LogP contribution in [-0.2, 0) is 0 Å². The first-order valence-electron chi connectivity index (χ1n) is 4.87. The average molecular weight is 380 g/mol. The highest BCUT2D eigenvalue weighted by atomic mass is 79.9. The van der Waals surface area contributed by atoms with E-state index in [9.17, 15) is 9.50 Å².